The van der Waals surface area contributed by atoms with Gasteiger partial charge in [-0.2, -0.15) is 0 Å². The fraction of sp³-hybridized carbons (Fsp3) is 0.769. The van der Waals surface area contributed by atoms with Crippen molar-refractivity contribution in [1.82, 2.24) is 4.98 Å². The average molecular weight is 248 g/mol. The third kappa shape index (κ3) is 3.24. The fourth-order valence-electron chi connectivity index (χ4n) is 2.41. The first-order valence-corrected chi connectivity index (χ1v) is 7.55. The van der Waals surface area contributed by atoms with E-state index in [1.165, 1.54) is 25.7 Å². The molecule has 0 bridgehead atoms. The predicted octanol–water partition coefficient (Wildman–Crippen LogP) is 3.68. The average Bonchev–Trinajstić information content (AvgIpc) is 2.70. The lowest BCUT2D eigenvalue weighted by Gasteiger charge is -2.25. The SMILES string of the molecule is [B]C1(c2ncc(NCCC)s2)CCCCCC1. The van der Waals surface area contributed by atoms with Crippen LogP contribution in [0.3, 0.4) is 0 Å². The monoisotopic (exact) mass is 248 g/mol. The Morgan fingerprint density at radius 2 is 2.06 bits per heavy atom. The number of thiazole rings is 1. The van der Waals surface area contributed by atoms with Gasteiger partial charge in [0.1, 0.15) is 5.00 Å². The summed E-state index contributed by atoms with van der Waals surface area (Å²) in [6.07, 6.45) is 10.4. The van der Waals surface area contributed by atoms with Crippen LogP contribution in [0.4, 0.5) is 5.00 Å². The number of anilines is 1. The topological polar surface area (TPSA) is 24.9 Å². The largest absolute Gasteiger partial charge is 0.376 e. The zero-order valence-corrected chi connectivity index (χ0v) is 11.5. The molecule has 0 aromatic carbocycles. The van der Waals surface area contributed by atoms with Gasteiger partial charge in [-0.05, 0) is 24.6 Å². The minimum absolute atomic E-state index is 0.159. The van der Waals surface area contributed by atoms with Crippen LogP contribution < -0.4 is 5.32 Å². The highest BCUT2D eigenvalue weighted by Gasteiger charge is 2.29. The molecule has 0 saturated heterocycles. The van der Waals surface area contributed by atoms with E-state index in [1.807, 2.05) is 6.20 Å². The molecule has 1 fully saturated rings. The van der Waals surface area contributed by atoms with Gasteiger partial charge in [0.15, 0.2) is 0 Å². The Bertz CT molecular complexity index is 343. The number of nitrogens with one attached hydrogen (secondary N) is 1. The molecule has 0 unspecified atom stereocenters. The molecular weight excluding hydrogens is 227 g/mol. The Balaban J connectivity index is 2.06. The maximum absolute atomic E-state index is 6.54. The smallest absolute Gasteiger partial charge is 0.109 e. The van der Waals surface area contributed by atoms with Crippen molar-refractivity contribution in [2.75, 3.05) is 11.9 Å². The van der Waals surface area contributed by atoms with Crippen LogP contribution in [0.25, 0.3) is 0 Å². The van der Waals surface area contributed by atoms with Crippen molar-refractivity contribution in [2.24, 2.45) is 0 Å². The van der Waals surface area contributed by atoms with Crippen LogP contribution in [0.1, 0.15) is 56.9 Å². The summed E-state index contributed by atoms with van der Waals surface area (Å²) in [6.45, 7) is 3.18. The van der Waals surface area contributed by atoms with E-state index < -0.39 is 0 Å². The summed E-state index contributed by atoms with van der Waals surface area (Å²) >= 11 is 1.74. The second-order valence-corrected chi connectivity index (χ2v) is 6.06. The summed E-state index contributed by atoms with van der Waals surface area (Å²) in [5.41, 5.74) is 0. The molecule has 0 amide bonds. The molecule has 1 aliphatic carbocycles. The predicted molar refractivity (Wildman–Crippen MR) is 76.0 cm³/mol. The Morgan fingerprint density at radius 1 is 1.35 bits per heavy atom. The molecule has 1 aromatic rings. The highest BCUT2D eigenvalue weighted by molar-refractivity contribution is 7.16. The molecule has 1 N–H and O–H groups in total. The van der Waals surface area contributed by atoms with E-state index in [0.29, 0.717) is 0 Å². The summed E-state index contributed by atoms with van der Waals surface area (Å²) in [5.74, 6) is 0. The van der Waals surface area contributed by atoms with Gasteiger partial charge in [0, 0.05) is 6.54 Å². The first-order valence-electron chi connectivity index (χ1n) is 6.74. The van der Waals surface area contributed by atoms with E-state index in [4.69, 9.17) is 7.85 Å². The van der Waals surface area contributed by atoms with Gasteiger partial charge in [-0.1, -0.05) is 32.6 Å². The molecule has 92 valence electrons. The van der Waals surface area contributed by atoms with E-state index in [0.717, 1.165) is 35.8 Å². The first kappa shape index (κ1) is 12.9. The lowest BCUT2D eigenvalue weighted by molar-refractivity contribution is 0.521. The Kier molecular flexibility index (Phi) is 4.49. The van der Waals surface area contributed by atoms with Crippen LogP contribution in [0.2, 0.25) is 0 Å². The van der Waals surface area contributed by atoms with Crippen molar-refractivity contribution >= 4 is 24.2 Å². The molecule has 1 heterocycles. The third-order valence-corrected chi connectivity index (χ3v) is 4.65. The van der Waals surface area contributed by atoms with Gasteiger partial charge in [0.25, 0.3) is 0 Å². The number of nitrogens with zero attached hydrogens (tertiary/aromatic N) is 1. The number of rotatable bonds is 4. The number of hydrogen-bond donors (Lipinski definition) is 1. The van der Waals surface area contributed by atoms with Crippen LogP contribution >= 0.6 is 11.3 Å². The Hall–Kier alpha value is -0.505. The van der Waals surface area contributed by atoms with Crippen LogP contribution in [-0.2, 0) is 5.31 Å². The molecule has 1 aromatic heterocycles. The molecule has 0 atom stereocenters. The molecule has 4 heteroatoms. The van der Waals surface area contributed by atoms with Gasteiger partial charge in [-0.25, -0.2) is 4.98 Å². The summed E-state index contributed by atoms with van der Waals surface area (Å²) in [6, 6.07) is 0. The Morgan fingerprint density at radius 3 is 2.71 bits per heavy atom. The summed E-state index contributed by atoms with van der Waals surface area (Å²) in [7, 11) is 6.54. The lowest BCUT2D eigenvalue weighted by atomic mass is 9.64. The second kappa shape index (κ2) is 5.90. The number of aromatic nitrogens is 1. The van der Waals surface area contributed by atoms with Gasteiger partial charge in [-0.3, -0.25) is 0 Å². The maximum Gasteiger partial charge on any atom is 0.109 e. The third-order valence-electron chi connectivity index (χ3n) is 3.48. The van der Waals surface area contributed by atoms with Gasteiger partial charge in [-0.15, -0.1) is 11.3 Å². The van der Waals surface area contributed by atoms with Crippen molar-refractivity contribution in [3.8, 4) is 0 Å². The zero-order valence-electron chi connectivity index (χ0n) is 10.7. The number of hydrogen-bond acceptors (Lipinski definition) is 3. The van der Waals surface area contributed by atoms with Crippen LogP contribution in [0, 0.1) is 0 Å². The minimum Gasteiger partial charge on any atom is -0.376 e. The normalized spacial score (nSPS) is 19.8. The maximum atomic E-state index is 6.54. The molecule has 0 spiro atoms. The van der Waals surface area contributed by atoms with Gasteiger partial charge < -0.3 is 5.32 Å². The molecule has 2 rings (SSSR count). The molecule has 1 saturated carbocycles. The minimum atomic E-state index is -0.159. The molecule has 2 nitrogen and oxygen atoms in total. The molecule has 1 aliphatic rings. The van der Waals surface area contributed by atoms with Crippen molar-refractivity contribution < 1.29 is 0 Å². The molecular formula is C13H21BN2S. The van der Waals surface area contributed by atoms with E-state index in [1.54, 1.807) is 11.3 Å². The van der Waals surface area contributed by atoms with Crippen molar-refractivity contribution in [1.29, 1.82) is 0 Å². The standard InChI is InChI=1S/C13H21BN2S/c1-2-9-15-11-10-16-12(17-11)13(14)7-5-3-4-6-8-13/h10,15H,2-9H2,1H3. The molecule has 0 aliphatic heterocycles. The summed E-state index contributed by atoms with van der Waals surface area (Å²) in [4.78, 5) is 4.54. The van der Waals surface area contributed by atoms with Crippen LogP contribution in [-0.4, -0.2) is 19.4 Å². The molecule has 17 heavy (non-hydrogen) atoms. The summed E-state index contributed by atoms with van der Waals surface area (Å²) < 4.78 is 0. The van der Waals surface area contributed by atoms with E-state index in [2.05, 4.69) is 17.2 Å². The summed E-state index contributed by atoms with van der Waals surface area (Å²) in [5, 5.41) is 5.51. The quantitative estimate of drug-likeness (QED) is 0.649. The lowest BCUT2D eigenvalue weighted by Crippen LogP contribution is -2.25. The van der Waals surface area contributed by atoms with Crippen LogP contribution in [0.5, 0.6) is 0 Å². The molecule has 2 radical (unpaired) electrons. The van der Waals surface area contributed by atoms with Crippen molar-refractivity contribution in [2.45, 2.75) is 57.2 Å². The second-order valence-electron chi connectivity index (χ2n) is 5.03. The van der Waals surface area contributed by atoms with Gasteiger partial charge >= 0.3 is 0 Å². The van der Waals surface area contributed by atoms with Gasteiger partial charge in [0.2, 0.25) is 0 Å². The van der Waals surface area contributed by atoms with E-state index in [-0.39, 0.29) is 5.31 Å². The Labute approximate surface area is 110 Å². The zero-order chi connectivity index (χ0) is 12.1. The van der Waals surface area contributed by atoms with Crippen molar-refractivity contribution in [3.63, 3.8) is 0 Å². The van der Waals surface area contributed by atoms with E-state index >= 15 is 0 Å². The highest BCUT2D eigenvalue weighted by atomic mass is 32.1. The first-order chi connectivity index (χ1) is 8.24. The van der Waals surface area contributed by atoms with Crippen LogP contribution in [0.15, 0.2) is 6.20 Å². The fourth-order valence-corrected chi connectivity index (χ4v) is 3.41. The van der Waals surface area contributed by atoms with Crippen molar-refractivity contribution in [3.05, 3.63) is 11.2 Å². The highest BCUT2D eigenvalue weighted by Crippen LogP contribution is 2.38. The van der Waals surface area contributed by atoms with E-state index in [9.17, 15) is 0 Å². The van der Waals surface area contributed by atoms with Gasteiger partial charge in [0.05, 0.1) is 19.1 Å².